The number of ether oxygens (including phenoxy) is 1. The van der Waals surface area contributed by atoms with Gasteiger partial charge in [0, 0.05) is 10.0 Å². The Hall–Kier alpha value is -2.31. The molecule has 1 saturated heterocycles. The van der Waals surface area contributed by atoms with Crippen LogP contribution < -0.4 is 10.5 Å². The molecule has 1 aromatic carbocycles. The standard InChI is InChI=1S/C14H10BrN3O4S/c15-9-1-2-10(22-4-3-16)8(5-9)6-11-13(20)18(7-12(17)19)14(21)23-11/h1-2,5-6H,4,7H2,(H2,17,19)/b11-6-. The van der Waals surface area contributed by atoms with Crippen molar-refractivity contribution in [3.63, 3.8) is 0 Å². The smallest absolute Gasteiger partial charge is 0.294 e. The van der Waals surface area contributed by atoms with Crippen LogP contribution in [-0.4, -0.2) is 35.1 Å². The molecule has 0 aliphatic carbocycles. The normalized spacial score (nSPS) is 15.8. The van der Waals surface area contributed by atoms with Gasteiger partial charge in [-0.3, -0.25) is 19.3 Å². The summed E-state index contributed by atoms with van der Waals surface area (Å²) >= 11 is 4.02. The highest BCUT2D eigenvalue weighted by Crippen LogP contribution is 2.34. The number of amides is 3. The number of primary amides is 1. The quantitative estimate of drug-likeness (QED) is 0.761. The Morgan fingerprint density at radius 1 is 1.48 bits per heavy atom. The Labute approximate surface area is 144 Å². The molecule has 7 nitrogen and oxygen atoms in total. The van der Waals surface area contributed by atoms with Crippen LogP contribution in [0.15, 0.2) is 27.6 Å². The summed E-state index contributed by atoms with van der Waals surface area (Å²) in [6.45, 7) is -0.607. The van der Waals surface area contributed by atoms with Crippen molar-refractivity contribution in [3.05, 3.63) is 33.1 Å². The SMILES string of the molecule is N#CCOc1ccc(Br)cc1/C=C1\SC(=O)N(CC(N)=O)C1=O. The highest BCUT2D eigenvalue weighted by atomic mass is 79.9. The van der Waals surface area contributed by atoms with Crippen molar-refractivity contribution in [3.8, 4) is 11.8 Å². The maximum absolute atomic E-state index is 12.2. The number of rotatable bonds is 5. The van der Waals surface area contributed by atoms with E-state index in [9.17, 15) is 14.4 Å². The van der Waals surface area contributed by atoms with Crippen LogP contribution in [0.2, 0.25) is 0 Å². The molecular weight excluding hydrogens is 386 g/mol. The number of carbonyl (C=O) groups is 3. The second-order valence-corrected chi connectivity index (χ2v) is 6.27. The lowest BCUT2D eigenvalue weighted by molar-refractivity contribution is -0.127. The Kier molecular flexibility index (Phi) is 5.41. The van der Waals surface area contributed by atoms with Crippen molar-refractivity contribution < 1.29 is 19.1 Å². The summed E-state index contributed by atoms with van der Waals surface area (Å²) in [7, 11) is 0. The van der Waals surface area contributed by atoms with E-state index < -0.39 is 23.6 Å². The predicted molar refractivity (Wildman–Crippen MR) is 87.1 cm³/mol. The number of nitrogens with zero attached hydrogens (tertiary/aromatic N) is 2. The maximum atomic E-state index is 12.2. The number of thioether (sulfide) groups is 1. The summed E-state index contributed by atoms with van der Waals surface area (Å²) in [6.07, 6.45) is 1.48. The fourth-order valence-corrected chi connectivity index (χ4v) is 3.01. The third kappa shape index (κ3) is 4.12. The van der Waals surface area contributed by atoms with Gasteiger partial charge in [-0.1, -0.05) is 15.9 Å². The molecule has 2 N–H and O–H groups in total. The van der Waals surface area contributed by atoms with Crippen LogP contribution in [0.3, 0.4) is 0 Å². The summed E-state index contributed by atoms with van der Waals surface area (Å²) in [6, 6.07) is 6.91. The largest absolute Gasteiger partial charge is 0.478 e. The van der Waals surface area contributed by atoms with Crippen LogP contribution in [0, 0.1) is 11.3 Å². The van der Waals surface area contributed by atoms with Crippen molar-refractivity contribution in [2.24, 2.45) is 5.73 Å². The van der Waals surface area contributed by atoms with E-state index in [4.69, 9.17) is 15.7 Å². The lowest BCUT2D eigenvalue weighted by Gasteiger charge is -2.09. The van der Waals surface area contributed by atoms with Gasteiger partial charge < -0.3 is 10.5 Å². The zero-order valence-corrected chi connectivity index (χ0v) is 14.0. The van der Waals surface area contributed by atoms with Gasteiger partial charge in [-0.2, -0.15) is 5.26 Å². The Bertz CT molecular complexity index is 757. The molecule has 1 aromatic rings. The van der Waals surface area contributed by atoms with Crippen molar-refractivity contribution >= 4 is 50.8 Å². The number of halogens is 1. The monoisotopic (exact) mass is 395 g/mol. The second kappa shape index (κ2) is 7.30. The summed E-state index contributed by atoms with van der Waals surface area (Å²) < 4.78 is 6.03. The molecule has 0 radical (unpaired) electrons. The minimum absolute atomic E-state index is 0.147. The van der Waals surface area contributed by atoms with Gasteiger partial charge in [0.1, 0.15) is 18.4 Å². The van der Waals surface area contributed by atoms with E-state index in [0.717, 1.165) is 9.37 Å². The molecule has 0 aromatic heterocycles. The summed E-state index contributed by atoms with van der Waals surface area (Å²) in [5.74, 6) is -0.962. The minimum Gasteiger partial charge on any atom is -0.478 e. The molecule has 1 heterocycles. The molecule has 2 rings (SSSR count). The first-order valence-electron chi connectivity index (χ1n) is 6.25. The highest BCUT2D eigenvalue weighted by Gasteiger charge is 2.36. The molecule has 1 aliphatic heterocycles. The van der Waals surface area contributed by atoms with E-state index in [1.165, 1.54) is 6.08 Å². The van der Waals surface area contributed by atoms with Gasteiger partial charge in [0.25, 0.3) is 11.1 Å². The van der Waals surface area contributed by atoms with Crippen LogP contribution in [0.5, 0.6) is 5.75 Å². The van der Waals surface area contributed by atoms with Crippen molar-refractivity contribution in [1.29, 1.82) is 5.26 Å². The number of hydrogen-bond donors (Lipinski definition) is 1. The molecule has 23 heavy (non-hydrogen) atoms. The number of nitriles is 1. The van der Waals surface area contributed by atoms with Crippen molar-refractivity contribution in [1.82, 2.24) is 4.90 Å². The molecule has 118 valence electrons. The Morgan fingerprint density at radius 3 is 2.87 bits per heavy atom. The number of benzene rings is 1. The molecule has 3 amide bonds. The van der Waals surface area contributed by atoms with Crippen LogP contribution in [0.4, 0.5) is 4.79 Å². The molecule has 0 spiro atoms. The lowest BCUT2D eigenvalue weighted by Crippen LogP contribution is -2.36. The number of carbonyl (C=O) groups excluding carboxylic acids is 3. The fourth-order valence-electron chi connectivity index (χ4n) is 1.81. The van der Waals surface area contributed by atoms with Gasteiger partial charge in [-0.15, -0.1) is 0 Å². The summed E-state index contributed by atoms with van der Waals surface area (Å²) in [5, 5.41) is 8.04. The first kappa shape index (κ1) is 17.1. The molecule has 0 bridgehead atoms. The topological polar surface area (TPSA) is 113 Å². The van der Waals surface area contributed by atoms with E-state index in [-0.39, 0.29) is 11.5 Å². The van der Waals surface area contributed by atoms with Crippen LogP contribution in [-0.2, 0) is 9.59 Å². The fraction of sp³-hybridized carbons (Fsp3) is 0.143. The number of imide groups is 1. The second-order valence-electron chi connectivity index (χ2n) is 4.36. The van der Waals surface area contributed by atoms with Gasteiger partial charge in [-0.05, 0) is 36.0 Å². The molecule has 1 aliphatic rings. The average Bonchev–Trinajstić information content (AvgIpc) is 2.74. The lowest BCUT2D eigenvalue weighted by atomic mass is 10.2. The first-order valence-corrected chi connectivity index (χ1v) is 7.86. The van der Waals surface area contributed by atoms with Gasteiger partial charge in [-0.25, -0.2) is 0 Å². The van der Waals surface area contributed by atoms with Gasteiger partial charge >= 0.3 is 0 Å². The van der Waals surface area contributed by atoms with Crippen molar-refractivity contribution in [2.75, 3.05) is 13.2 Å². The van der Waals surface area contributed by atoms with E-state index in [2.05, 4.69) is 15.9 Å². The van der Waals surface area contributed by atoms with E-state index in [0.29, 0.717) is 23.1 Å². The number of hydrogen-bond acceptors (Lipinski definition) is 6. The highest BCUT2D eigenvalue weighted by molar-refractivity contribution is 9.10. The third-order valence-corrected chi connectivity index (χ3v) is 4.14. The van der Waals surface area contributed by atoms with Gasteiger partial charge in [0.15, 0.2) is 6.61 Å². The molecule has 0 unspecified atom stereocenters. The molecule has 0 saturated carbocycles. The molecular formula is C14H10BrN3O4S. The Balaban J connectivity index is 2.33. The molecule has 9 heteroatoms. The van der Waals surface area contributed by atoms with E-state index in [1.54, 1.807) is 18.2 Å². The zero-order valence-electron chi connectivity index (χ0n) is 11.6. The zero-order chi connectivity index (χ0) is 17.0. The third-order valence-electron chi connectivity index (χ3n) is 2.74. The van der Waals surface area contributed by atoms with Crippen LogP contribution in [0.25, 0.3) is 6.08 Å². The van der Waals surface area contributed by atoms with Gasteiger partial charge in [0.2, 0.25) is 5.91 Å². The molecule has 0 atom stereocenters. The van der Waals surface area contributed by atoms with E-state index >= 15 is 0 Å². The van der Waals surface area contributed by atoms with E-state index in [1.807, 2.05) is 6.07 Å². The van der Waals surface area contributed by atoms with Crippen molar-refractivity contribution in [2.45, 2.75) is 0 Å². The van der Waals surface area contributed by atoms with Crippen LogP contribution >= 0.6 is 27.7 Å². The predicted octanol–water partition coefficient (Wildman–Crippen LogP) is 1.87. The minimum atomic E-state index is -0.769. The first-order chi connectivity index (χ1) is 10.9. The maximum Gasteiger partial charge on any atom is 0.294 e. The summed E-state index contributed by atoms with van der Waals surface area (Å²) in [4.78, 5) is 35.8. The number of nitrogens with two attached hydrogens (primary N) is 1. The average molecular weight is 396 g/mol. The molecule has 1 fully saturated rings. The summed E-state index contributed by atoms with van der Waals surface area (Å²) in [5.41, 5.74) is 5.55. The van der Waals surface area contributed by atoms with Crippen LogP contribution in [0.1, 0.15) is 5.56 Å². The van der Waals surface area contributed by atoms with Gasteiger partial charge in [0.05, 0.1) is 4.91 Å². The Morgan fingerprint density at radius 2 is 2.22 bits per heavy atom.